The predicted molar refractivity (Wildman–Crippen MR) is 108 cm³/mol. The largest absolute Gasteiger partial charge is 1.00 e. The molecule has 3 rings (SSSR count). The molecule has 1 heterocycles. The number of aromatic amines is 1. The van der Waals surface area contributed by atoms with Gasteiger partial charge in [-0.1, -0.05) is 23.2 Å². The molecule has 1 N–H and O–H groups in total. The molecule has 164 valence electrons. The molecule has 0 radical (unpaired) electrons. The first-order valence-electron chi connectivity index (χ1n) is 8.03. The Balaban J connectivity index is 0.00000363. The standard InChI is InChI=1S/C16H12Cl2N4O7S2.Na/c1-8-15(20-19-9-2-4-10(5-3-9)30(24,25)26)16(23)22(21-8)13-6-12(18)14(7-11(13)17)31(27,28)29;/h2-7,21H,1H3,(H,24,25,26)(H,27,28,29);/q;+1/p-2. The van der Waals surface area contributed by atoms with Gasteiger partial charge in [0.2, 0.25) is 0 Å². The van der Waals surface area contributed by atoms with Gasteiger partial charge in [-0.3, -0.25) is 9.89 Å². The molecule has 16 heteroatoms. The van der Waals surface area contributed by atoms with E-state index in [1.807, 2.05) is 0 Å². The van der Waals surface area contributed by atoms with Crippen LogP contribution in [0.15, 0.2) is 61.2 Å². The van der Waals surface area contributed by atoms with E-state index in [0.717, 1.165) is 28.9 Å². The van der Waals surface area contributed by atoms with Crippen molar-refractivity contribution in [2.45, 2.75) is 16.7 Å². The number of aryl methyl sites for hydroxylation is 1. The normalized spacial score (nSPS) is 12.2. The molecule has 0 saturated heterocycles. The van der Waals surface area contributed by atoms with Crippen molar-refractivity contribution in [1.29, 1.82) is 0 Å². The van der Waals surface area contributed by atoms with Crippen molar-refractivity contribution in [3.8, 4) is 5.69 Å². The van der Waals surface area contributed by atoms with Crippen LogP contribution in [0.3, 0.4) is 0 Å². The molecule has 0 saturated carbocycles. The van der Waals surface area contributed by atoms with Gasteiger partial charge in [-0.05, 0) is 43.3 Å². The minimum atomic E-state index is -4.87. The first-order chi connectivity index (χ1) is 14.3. The second-order valence-corrected chi connectivity index (χ2v) is 9.60. The molecule has 0 atom stereocenters. The van der Waals surface area contributed by atoms with Crippen molar-refractivity contribution in [2.75, 3.05) is 0 Å². The Labute approximate surface area is 213 Å². The number of nitrogens with zero attached hydrogens (tertiary/aromatic N) is 3. The van der Waals surface area contributed by atoms with Crippen LogP contribution < -0.4 is 35.1 Å². The first-order valence-corrected chi connectivity index (χ1v) is 11.6. The molecule has 0 aliphatic rings. The number of nitrogens with one attached hydrogen (secondary N) is 1. The van der Waals surface area contributed by atoms with Gasteiger partial charge in [0.1, 0.15) is 20.2 Å². The summed E-state index contributed by atoms with van der Waals surface area (Å²) in [6.45, 7) is 1.51. The summed E-state index contributed by atoms with van der Waals surface area (Å²) in [5, 5.41) is 9.68. The molecular formula is C16H10Cl2N4NaO7S2-. The van der Waals surface area contributed by atoms with Crippen LogP contribution in [0.4, 0.5) is 11.4 Å². The van der Waals surface area contributed by atoms with E-state index < -0.39 is 40.6 Å². The zero-order valence-electron chi connectivity index (χ0n) is 16.2. The molecule has 1 aromatic heterocycles. The topological polar surface area (TPSA) is 177 Å². The number of H-pyrrole nitrogens is 1. The molecule has 11 nitrogen and oxygen atoms in total. The van der Waals surface area contributed by atoms with E-state index in [1.165, 1.54) is 19.1 Å². The summed E-state index contributed by atoms with van der Waals surface area (Å²) in [6.07, 6.45) is 0. The maximum absolute atomic E-state index is 12.7. The molecular weight excluding hydrogens is 518 g/mol. The summed E-state index contributed by atoms with van der Waals surface area (Å²) in [5.74, 6) is 0. The molecule has 0 unspecified atom stereocenters. The van der Waals surface area contributed by atoms with Gasteiger partial charge in [0.15, 0.2) is 5.69 Å². The van der Waals surface area contributed by atoms with Gasteiger partial charge < -0.3 is 9.11 Å². The Kier molecular flexibility index (Phi) is 8.13. The quantitative estimate of drug-likeness (QED) is 0.275. The number of hydrogen-bond donors (Lipinski definition) is 1. The van der Waals surface area contributed by atoms with Gasteiger partial charge in [0.25, 0.3) is 5.56 Å². The summed E-state index contributed by atoms with van der Waals surface area (Å²) in [6, 6.07) is 6.42. The summed E-state index contributed by atoms with van der Waals surface area (Å²) >= 11 is 11.9. The Morgan fingerprint density at radius 3 is 2.06 bits per heavy atom. The van der Waals surface area contributed by atoms with Gasteiger partial charge in [0.05, 0.1) is 36.9 Å². The van der Waals surface area contributed by atoms with Gasteiger partial charge in [-0.25, -0.2) is 21.5 Å². The molecule has 0 bridgehead atoms. The van der Waals surface area contributed by atoms with Crippen LogP contribution >= 0.6 is 23.2 Å². The van der Waals surface area contributed by atoms with E-state index in [9.17, 15) is 30.7 Å². The number of hydrogen-bond acceptors (Lipinski definition) is 9. The number of aromatic nitrogens is 2. The predicted octanol–water partition coefficient (Wildman–Crippen LogP) is 0.00842. The summed E-state index contributed by atoms with van der Waals surface area (Å²) in [4.78, 5) is 11.5. The number of azo groups is 1. The summed E-state index contributed by atoms with van der Waals surface area (Å²) < 4.78 is 67.4. The van der Waals surface area contributed by atoms with Crippen LogP contribution in [0.2, 0.25) is 10.0 Å². The van der Waals surface area contributed by atoms with Crippen LogP contribution in [-0.2, 0) is 20.2 Å². The smallest absolute Gasteiger partial charge is 0.744 e. The molecule has 0 aliphatic carbocycles. The molecule has 0 amide bonds. The zero-order chi connectivity index (χ0) is 23.1. The first kappa shape index (κ1) is 26.7. The van der Waals surface area contributed by atoms with E-state index >= 15 is 0 Å². The third-order valence-corrected chi connectivity index (χ3v) is 6.40. The second kappa shape index (κ2) is 9.75. The number of benzene rings is 2. The average Bonchev–Trinajstić information content (AvgIpc) is 2.94. The van der Waals surface area contributed by atoms with Gasteiger partial charge >= 0.3 is 29.6 Å². The second-order valence-electron chi connectivity index (χ2n) is 6.06. The van der Waals surface area contributed by atoms with E-state index in [0.29, 0.717) is 0 Å². The fraction of sp³-hybridized carbons (Fsp3) is 0.0625. The fourth-order valence-electron chi connectivity index (χ4n) is 2.49. The van der Waals surface area contributed by atoms with Gasteiger partial charge in [-0.2, -0.15) is 5.11 Å². The number of rotatable bonds is 5. The number of halogens is 2. The minimum absolute atomic E-state index is 0. The fourth-order valence-corrected chi connectivity index (χ4v) is 4.28. The Morgan fingerprint density at radius 1 is 0.938 bits per heavy atom. The monoisotopic (exact) mass is 527 g/mol. The zero-order valence-corrected chi connectivity index (χ0v) is 21.4. The van der Waals surface area contributed by atoms with Crippen molar-refractivity contribution in [3.63, 3.8) is 0 Å². The van der Waals surface area contributed by atoms with Crippen molar-refractivity contribution < 1.29 is 55.5 Å². The minimum Gasteiger partial charge on any atom is -0.744 e. The molecule has 32 heavy (non-hydrogen) atoms. The summed E-state index contributed by atoms with van der Waals surface area (Å²) in [7, 11) is -9.48. The van der Waals surface area contributed by atoms with Crippen LogP contribution in [0.5, 0.6) is 0 Å². The van der Waals surface area contributed by atoms with E-state index in [1.54, 1.807) is 0 Å². The van der Waals surface area contributed by atoms with Crippen LogP contribution in [0, 0.1) is 6.92 Å². The SMILES string of the molecule is Cc1[nH]n(-c2cc(Cl)c(S(=O)(=O)[O-])cc2Cl)c(=O)c1N=Nc1ccc(S(=O)(=O)[O-])cc1.[Na+]. The van der Waals surface area contributed by atoms with Crippen molar-refractivity contribution in [2.24, 2.45) is 10.2 Å². The Bertz CT molecular complexity index is 1480. The third kappa shape index (κ3) is 5.68. The third-order valence-electron chi connectivity index (χ3n) is 3.94. The van der Waals surface area contributed by atoms with Crippen LogP contribution in [-0.4, -0.2) is 35.7 Å². The Hall–Kier alpha value is -1.55. The van der Waals surface area contributed by atoms with E-state index in [2.05, 4.69) is 15.3 Å². The average molecular weight is 528 g/mol. The maximum Gasteiger partial charge on any atom is 1.00 e. The molecule has 3 aromatic rings. The van der Waals surface area contributed by atoms with E-state index in [-0.39, 0.29) is 57.3 Å². The molecule has 2 aromatic carbocycles. The summed E-state index contributed by atoms with van der Waals surface area (Å²) in [5.41, 5.74) is -0.437. The van der Waals surface area contributed by atoms with Gasteiger partial charge in [0, 0.05) is 0 Å². The molecule has 0 spiro atoms. The van der Waals surface area contributed by atoms with Crippen molar-refractivity contribution in [3.05, 3.63) is 62.5 Å². The van der Waals surface area contributed by atoms with Crippen LogP contribution in [0.1, 0.15) is 5.69 Å². The van der Waals surface area contributed by atoms with E-state index in [4.69, 9.17) is 23.2 Å². The molecule has 0 fully saturated rings. The molecule has 0 aliphatic heterocycles. The van der Waals surface area contributed by atoms with Gasteiger partial charge in [-0.15, -0.1) is 5.11 Å². The maximum atomic E-state index is 12.7. The van der Waals surface area contributed by atoms with Crippen molar-refractivity contribution in [1.82, 2.24) is 9.78 Å². The Morgan fingerprint density at radius 2 is 1.53 bits per heavy atom. The van der Waals surface area contributed by atoms with Crippen molar-refractivity contribution >= 4 is 54.8 Å². The van der Waals surface area contributed by atoms with Crippen LogP contribution in [0.25, 0.3) is 5.69 Å².